The van der Waals surface area contributed by atoms with Crippen molar-refractivity contribution in [2.45, 2.75) is 13.8 Å². The Morgan fingerprint density at radius 2 is 1.81 bits per heavy atom. The highest BCUT2D eigenvalue weighted by molar-refractivity contribution is 7.22. The zero-order valence-electron chi connectivity index (χ0n) is 16.2. The molecule has 5 nitrogen and oxygen atoms in total. The molecule has 0 fully saturated rings. The second-order valence-corrected chi connectivity index (χ2v) is 7.81. The van der Waals surface area contributed by atoms with Gasteiger partial charge in [0.1, 0.15) is 5.75 Å². The fourth-order valence-corrected chi connectivity index (χ4v) is 3.76. The van der Waals surface area contributed by atoms with Gasteiger partial charge in [-0.3, -0.25) is 9.69 Å². The molecule has 0 N–H and O–H groups in total. The highest BCUT2D eigenvalue weighted by Crippen LogP contribution is 2.32. The molecule has 0 radical (unpaired) electrons. The van der Waals surface area contributed by atoms with Crippen LogP contribution in [-0.2, 0) is 4.79 Å². The Labute approximate surface area is 164 Å². The second-order valence-electron chi connectivity index (χ2n) is 6.80. The molecule has 0 saturated carbocycles. The quantitative estimate of drug-likeness (QED) is 0.621. The molecule has 0 bridgehead atoms. The molecule has 1 heterocycles. The van der Waals surface area contributed by atoms with E-state index in [-0.39, 0.29) is 12.5 Å². The normalized spacial score (nSPS) is 11.1. The van der Waals surface area contributed by atoms with Gasteiger partial charge >= 0.3 is 0 Å². The smallest absolute Gasteiger partial charge is 0.266 e. The largest absolute Gasteiger partial charge is 0.484 e. The molecular weight excluding hydrogens is 358 g/mol. The number of carbonyl (C=O) groups excluding carboxylic acids is 1. The number of amides is 1. The lowest BCUT2D eigenvalue weighted by Crippen LogP contribution is -2.39. The summed E-state index contributed by atoms with van der Waals surface area (Å²) in [5, 5.41) is 0.724. The minimum absolute atomic E-state index is 0.00855. The first-order valence-corrected chi connectivity index (χ1v) is 9.77. The minimum atomic E-state index is -0.0888. The van der Waals surface area contributed by atoms with Gasteiger partial charge in [0.15, 0.2) is 11.7 Å². The summed E-state index contributed by atoms with van der Waals surface area (Å²) in [4.78, 5) is 21.5. The lowest BCUT2D eigenvalue weighted by molar-refractivity contribution is -0.120. The summed E-state index contributed by atoms with van der Waals surface area (Å²) in [6.45, 7) is 5.47. The van der Waals surface area contributed by atoms with E-state index in [9.17, 15) is 4.79 Å². The maximum Gasteiger partial charge on any atom is 0.266 e. The van der Waals surface area contributed by atoms with E-state index in [0.717, 1.165) is 27.5 Å². The van der Waals surface area contributed by atoms with Crippen molar-refractivity contribution in [3.63, 3.8) is 0 Å². The number of ether oxygens (including phenoxy) is 1. The molecule has 3 aromatic rings. The van der Waals surface area contributed by atoms with Crippen molar-refractivity contribution in [3.05, 3.63) is 53.6 Å². The van der Waals surface area contributed by atoms with Gasteiger partial charge in [0, 0.05) is 13.1 Å². The van der Waals surface area contributed by atoms with Crippen LogP contribution in [-0.4, -0.2) is 49.6 Å². The predicted molar refractivity (Wildman–Crippen MR) is 112 cm³/mol. The number of aromatic nitrogens is 1. The van der Waals surface area contributed by atoms with Gasteiger partial charge in [-0.05, 0) is 57.3 Å². The van der Waals surface area contributed by atoms with Crippen molar-refractivity contribution < 1.29 is 9.53 Å². The van der Waals surface area contributed by atoms with Crippen molar-refractivity contribution in [1.82, 2.24) is 9.88 Å². The van der Waals surface area contributed by atoms with Gasteiger partial charge in [-0.25, -0.2) is 4.98 Å². The molecule has 0 saturated heterocycles. The SMILES string of the molecule is Cc1ccc2sc(N(CCN(C)C)C(=O)COc3ccccc3)nc2c1C. The predicted octanol–water partition coefficient (Wildman–Crippen LogP) is 3.89. The maximum absolute atomic E-state index is 12.9. The Hall–Kier alpha value is -2.44. The summed E-state index contributed by atoms with van der Waals surface area (Å²) >= 11 is 1.55. The Kier molecular flexibility index (Phi) is 6.08. The van der Waals surface area contributed by atoms with Crippen LogP contribution >= 0.6 is 11.3 Å². The average Bonchev–Trinajstić information content (AvgIpc) is 3.08. The van der Waals surface area contributed by atoms with Gasteiger partial charge < -0.3 is 9.64 Å². The number of thiazole rings is 1. The molecule has 6 heteroatoms. The van der Waals surface area contributed by atoms with E-state index in [4.69, 9.17) is 9.72 Å². The van der Waals surface area contributed by atoms with E-state index < -0.39 is 0 Å². The third-order valence-electron chi connectivity index (χ3n) is 4.48. The Morgan fingerprint density at radius 1 is 1.07 bits per heavy atom. The van der Waals surface area contributed by atoms with Crippen molar-refractivity contribution in [2.24, 2.45) is 0 Å². The first-order valence-electron chi connectivity index (χ1n) is 8.95. The summed E-state index contributed by atoms with van der Waals surface area (Å²) in [5.41, 5.74) is 3.34. The average molecular weight is 384 g/mol. The molecule has 27 heavy (non-hydrogen) atoms. The van der Waals surface area contributed by atoms with Gasteiger partial charge in [0.2, 0.25) is 0 Å². The third-order valence-corrected chi connectivity index (χ3v) is 5.53. The van der Waals surface area contributed by atoms with E-state index in [1.165, 1.54) is 5.56 Å². The molecule has 0 aliphatic rings. The van der Waals surface area contributed by atoms with Crippen LogP contribution in [0.3, 0.4) is 0 Å². The Bertz CT molecular complexity index is 922. The monoisotopic (exact) mass is 383 g/mol. The zero-order chi connectivity index (χ0) is 19.4. The van der Waals surface area contributed by atoms with Crippen LogP contribution in [0, 0.1) is 13.8 Å². The Morgan fingerprint density at radius 3 is 2.52 bits per heavy atom. The van der Waals surface area contributed by atoms with E-state index in [1.54, 1.807) is 16.2 Å². The number of likely N-dealkylation sites (N-methyl/N-ethyl adjacent to an activating group) is 1. The number of aryl methyl sites for hydroxylation is 2. The van der Waals surface area contributed by atoms with Crippen LogP contribution in [0.25, 0.3) is 10.2 Å². The topological polar surface area (TPSA) is 45.7 Å². The highest BCUT2D eigenvalue weighted by atomic mass is 32.1. The van der Waals surface area contributed by atoms with E-state index in [1.807, 2.05) is 44.4 Å². The van der Waals surface area contributed by atoms with E-state index in [2.05, 4.69) is 30.9 Å². The molecule has 142 valence electrons. The fourth-order valence-electron chi connectivity index (χ4n) is 2.70. The maximum atomic E-state index is 12.9. The van der Waals surface area contributed by atoms with Gasteiger partial charge in [0.05, 0.1) is 10.2 Å². The number of carbonyl (C=O) groups is 1. The summed E-state index contributed by atoms with van der Waals surface area (Å²) in [6, 6.07) is 13.6. The van der Waals surface area contributed by atoms with Crippen LogP contribution in [0.2, 0.25) is 0 Å². The van der Waals surface area contributed by atoms with Gasteiger partial charge in [0.25, 0.3) is 5.91 Å². The number of hydrogen-bond acceptors (Lipinski definition) is 5. The number of nitrogens with zero attached hydrogens (tertiary/aromatic N) is 3. The van der Waals surface area contributed by atoms with Crippen LogP contribution < -0.4 is 9.64 Å². The molecule has 0 atom stereocenters. The number of hydrogen-bond donors (Lipinski definition) is 0. The standard InChI is InChI=1S/C21H25N3O2S/c1-15-10-11-18-20(16(15)2)22-21(27-18)24(13-12-23(3)4)19(25)14-26-17-8-6-5-7-9-17/h5-11H,12-14H2,1-4H3. The summed E-state index contributed by atoms with van der Waals surface area (Å²) in [5.74, 6) is 0.600. The number of para-hydroxylation sites is 1. The molecule has 0 aliphatic heterocycles. The molecule has 0 unspecified atom stereocenters. The van der Waals surface area contributed by atoms with Gasteiger partial charge in [-0.2, -0.15) is 0 Å². The van der Waals surface area contributed by atoms with Crippen LogP contribution in [0.4, 0.5) is 5.13 Å². The van der Waals surface area contributed by atoms with E-state index in [0.29, 0.717) is 12.3 Å². The number of anilines is 1. The second kappa shape index (κ2) is 8.50. The third kappa shape index (κ3) is 4.64. The highest BCUT2D eigenvalue weighted by Gasteiger charge is 2.21. The molecule has 1 amide bonds. The number of rotatable bonds is 7. The lowest BCUT2D eigenvalue weighted by Gasteiger charge is -2.22. The fraction of sp³-hybridized carbons (Fsp3) is 0.333. The molecular formula is C21H25N3O2S. The van der Waals surface area contributed by atoms with Crippen molar-refractivity contribution in [1.29, 1.82) is 0 Å². The molecule has 2 aromatic carbocycles. The lowest BCUT2D eigenvalue weighted by atomic mass is 10.1. The van der Waals surface area contributed by atoms with Crippen LogP contribution in [0.1, 0.15) is 11.1 Å². The van der Waals surface area contributed by atoms with Crippen molar-refractivity contribution >= 4 is 32.6 Å². The summed E-state index contributed by atoms with van der Waals surface area (Å²) in [7, 11) is 3.99. The Balaban J connectivity index is 1.84. The first kappa shape index (κ1) is 19.3. The van der Waals surface area contributed by atoms with Gasteiger partial charge in [-0.1, -0.05) is 35.6 Å². The summed E-state index contributed by atoms with van der Waals surface area (Å²) in [6.07, 6.45) is 0. The number of fused-ring (bicyclic) bond motifs is 1. The molecule has 1 aromatic heterocycles. The summed E-state index contributed by atoms with van der Waals surface area (Å²) < 4.78 is 6.76. The van der Waals surface area contributed by atoms with E-state index >= 15 is 0 Å². The van der Waals surface area contributed by atoms with Crippen molar-refractivity contribution in [3.8, 4) is 5.75 Å². The molecule has 0 aliphatic carbocycles. The first-order chi connectivity index (χ1) is 13.0. The minimum Gasteiger partial charge on any atom is -0.484 e. The van der Waals surface area contributed by atoms with Crippen LogP contribution in [0.15, 0.2) is 42.5 Å². The molecule has 3 rings (SSSR count). The van der Waals surface area contributed by atoms with Gasteiger partial charge in [-0.15, -0.1) is 0 Å². The number of benzene rings is 2. The van der Waals surface area contributed by atoms with Crippen molar-refractivity contribution in [2.75, 3.05) is 38.7 Å². The van der Waals surface area contributed by atoms with Crippen LogP contribution in [0.5, 0.6) is 5.75 Å². The molecule has 0 spiro atoms. The zero-order valence-corrected chi connectivity index (χ0v) is 17.0.